The van der Waals surface area contributed by atoms with Crippen molar-refractivity contribution in [1.29, 1.82) is 0 Å². The van der Waals surface area contributed by atoms with Gasteiger partial charge in [-0.15, -0.1) is 0 Å². The van der Waals surface area contributed by atoms with Crippen molar-refractivity contribution >= 4 is 17.7 Å². The number of fused-ring (bicyclic) bond motifs is 1. The first kappa shape index (κ1) is 14.3. The Morgan fingerprint density at radius 2 is 2.25 bits per heavy atom. The van der Waals surface area contributed by atoms with Crippen molar-refractivity contribution in [3.05, 3.63) is 23.4 Å². The largest absolute Gasteiger partial charge is 0.480 e. The van der Waals surface area contributed by atoms with Crippen molar-refractivity contribution in [3.63, 3.8) is 0 Å². The molecule has 0 aromatic carbocycles. The fraction of sp³-hybridized carbons (Fsp3) is 0.500. The number of carbonyl (C=O) groups excluding carboxylic acids is 1. The number of pyridine rings is 1. The van der Waals surface area contributed by atoms with Gasteiger partial charge in [0.05, 0.1) is 0 Å². The smallest absolute Gasteiger partial charge is 0.326 e. The van der Waals surface area contributed by atoms with E-state index in [4.69, 9.17) is 0 Å². The summed E-state index contributed by atoms with van der Waals surface area (Å²) in [4.78, 5) is 27.6. The Hall–Kier alpha value is -2.11. The monoisotopic (exact) mass is 277 g/mol. The topological polar surface area (TPSA) is 91.3 Å². The molecular weight excluding hydrogens is 258 g/mol. The molecule has 20 heavy (non-hydrogen) atoms. The van der Waals surface area contributed by atoms with Gasteiger partial charge in [0.1, 0.15) is 11.9 Å². The van der Waals surface area contributed by atoms with Crippen LogP contribution < -0.4 is 10.6 Å². The van der Waals surface area contributed by atoms with Crippen LogP contribution in [0.5, 0.6) is 0 Å². The Morgan fingerprint density at radius 3 is 2.90 bits per heavy atom. The number of hydrogen-bond acceptors (Lipinski definition) is 4. The number of carboxylic acid groups (broad SMARTS) is 1. The summed E-state index contributed by atoms with van der Waals surface area (Å²) >= 11 is 0. The van der Waals surface area contributed by atoms with E-state index in [0.717, 1.165) is 18.5 Å². The number of carbonyl (C=O) groups is 2. The van der Waals surface area contributed by atoms with Gasteiger partial charge in [-0.25, -0.2) is 9.78 Å². The molecule has 1 aliphatic heterocycles. The fourth-order valence-electron chi connectivity index (χ4n) is 2.35. The van der Waals surface area contributed by atoms with E-state index in [1.807, 2.05) is 13.8 Å². The average molecular weight is 277 g/mol. The molecule has 6 heteroatoms. The Kier molecular flexibility index (Phi) is 4.22. The van der Waals surface area contributed by atoms with Crippen LogP contribution in [-0.2, 0) is 11.2 Å². The zero-order chi connectivity index (χ0) is 14.7. The summed E-state index contributed by atoms with van der Waals surface area (Å²) in [5, 5.41) is 14.9. The van der Waals surface area contributed by atoms with Crippen molar-refractivity contribution in [1.82, 2.24) is 10.3 Å². The minimum Gasteiger partial charge on any atom is -0.480 e. The van der Waals surface area contributed by atoms with Gasteiger partial charge >= 0.3 is 5.97 Å². The molecule has 0 spiro atoms. The predicted octanol–water partition coefficient (Wildman–Crippen LogP) is 1.28. The second-order valence-corrected chi connectivity index (χ2v) is 5.36. The van der Waals surface area contributed by atoms with Gasteiger partial charge in [0.15, 0.2) is 0 Å². The number of aliphatic carboxylic acids is 1. The first-order chi connectivity index (χ1) is 9.49. The Balaban J connectivity index is 2.15. The summed E-state index contributed by atoms with van der Waals surface area (Å²) in [5.74, 6) is -0.439. The van der Waals surface area contributed by atoms with Crippen LogP contribution >= 0.6 is 0 Å². The molecule has 0 fully saturated rings. The standard InChI is InChI=1S/C14H19N3O3/c1-8(2)7-11(14(19)20)17-13(18)10-4-6-16-12-9(10)3-5-15-12/h4,6,8,11H,3,5,7H2,1-2H3,(H,15,16)(H,17,18)(H,19,20)/t11-/m1/s1. The Labute approximate surface area is 117 Å². The van der Waals surface area contributed by atoms with Gasteiger partial charge in [-0.2, -0.15) is 0 Å². The molecule has 1 aromatic rings. The highest BCUT2D eigenvalue weighted by molar-refractivity contribution is 5.99. The lowest BCUT2D eigenvalue weighted by molar-refractivity contribution is -0.139. The van der Waals surface area contributed by atoms with E-state index >= 15 is 0 Å². The van der Waals surface area contributed by atoms with Gasteiger partial charge in [-0.1, -0.05) is 13.8 Å². The van der Waals surface area contributed by atoms with Crippen LogP contribution in [0.15, 0.2) is 12.3 Å². The number of hydrogen-bond donors (Lipinski definition) is 3. The van der Waals surface area contributed by atoms with Gasteiger partial charge in [-0.05, 0) is 24.8 Å². The molecule has 0 radical (unpaired) electrons. The molecule has 0 aliphatic carbocycles. The molecule has 0 saturated carbocycles. The third kappa shape index (κ3) is 3.07. The number of carboxylic acids is 1. The Bertz CT molecular complexity index is 528. The maximum atomic E-state index is 12.3. The van der Waals surface area contributed by atoms with E-state index in [1.54, 1.807) is 12.3 Å². The SMILES string of the molecule is CC(C)C[C@@H](NC(=O)c1ccnc2c1CCN2)C(=O)O. The van der Waals surface area contributed by atoms with Crippen LogP contribution in [0.3, 0.4) is 0 Å². The quantitative estimate of drug-likeness (QED) is 0.754. The zero-order valence-electron chi connectivity index (χ0n) is 11.6. The summed E-state index contributed by atoms with van der Waals surface area (Å²) in [7, 11) is 0. The first-order valence-corrected chi connectivity index (χ1v) is 6.74. The number of nitrogens with zero attached hydrogens (tertiary/aromatic N) is 1. The number of rotatable bonds is 5. The van der Waals surface area contributed by atoms with E-state index in [-0.39, 0.29) is 11.8 Å². The third-order valence-electron chi connectivity index (χ3n) is 3.28. The summed E-state index contributed by atoms with van der Waals surface area (Å²) in [5.41, 5.74) is 1.37. The molecule has 2 heterocycles. The summed E-state index contributed by atoms with van der Waals surface area (Å²) in [6.07, 6.45) is 2.70. The minimum atomic E-state index is -1.00. The molecule has 1 aromatic heterocycles. The van der Waals surface area contributed by atoms with E-state index in [0.29, 0.717) is 17.8 Å². The Morgan fingerprint density at radius 1 is 1.50 bits per heavy atom. The zero-order valence-corrected chi connectivity index (χ0v) is 11.6. The van der Waals surface area contributed by atoms with Gasteiger partial charge in [0.25, 0.3) is 5.91 Å². The molecule has 0 bridgehead atoms. The lowest BCUT2D eigenvalue weighted by Gasteiger charge is -2.17. The van der Waals surface area contributed by atoms with Crippen molar-refractivity contribution in [2.45, 2.75) is 32.7 Å². The van der Waals surface area contributed by atoms with Crippen LogP contribution in [0.2, 0.25) is 0 Å². The molecule has 6 nitrogen and oxygen atoms in total. The third-order valence-corrected chi connectivity index (χ3v) is 3.28. The van der Waals surface area contributed by atoms with Gasteiger partial charge < -0.3 is 15.7 Å². The number of amides is 1. The highest BCUT2D eigenvalue weighted by atomic mass is 16.4. The average Bonchev–Trinajstić information content (AvgIpc) is 2.84. The first-order valence-electron chi connectivity index (χ1n) is 6.74. The number of aromatic nitrogens is 1. The lowest BCUT2D eigenvalue weighted by Crippen LogP contribution is -2.41. The van der Waals surface area contributed by atoms with Crippen molar-refractivity contribution < 1.29 is 14.7 Å². The molecule has 108 valence electrons. The molecule has 1 aliphatic rings. The number of anilines is 1. The molecular formula is C14H19N3O3. The van der Waals surface area contributed by atoms with E-state index in [1.165, 1.54) is 0 Å². The summed E-state index contributed by atoms with van der Waals surface area (Å²) in [6, 6.07) is 0.774. The van der Waals surface area contributed by atoms with Crippen LogP contribution in [0.25, 0.3) is 0 Å². The second-order valence-electron chi connectivity index (χ2n) is 5.36. The molecule has 1 amide bonds. The minimum absolute atomic E-state index is 0.196. The fourth-order valence-corrected chi connectivity index (χ4v) is 2.35. The summed E-state index contributed by atoms with van der Waals surface area (Å²) in [6.45, 7) is 4.60. The molecule has 0 saturated heterocycles. The van der Waals surface area contributed by atoms with Crippen LogP contribution in [-0.4, -0.2) is 34.6 Å². The van der Waals surface area contributed by atoms with Crippen molar-refractivity contribution in [3.8, 4) is 0 Å². The van der Waals surface area contributed by atoms with Crippen LogP contribution in [0.4, 0.5) is 5.82 Å². The highest BCUT2D eigenvalue weighted by Crippen LogP contribution is 2.23. The van der Waals surface area contributed by atoms with Gasteiger partial charge in [0.2, 0.25) is 0 Å². The molecule has 1 atom stereocenters. The molecule has 0 unspecified atom stereocenters. The maximum Gasteiger partial charge on any atom is 0.326 e. The van der Waals surface area contributed by atoms with Gasteiger partial charge in [0, 0.05) is 23.9 Å². The highest BCUT2D eigenvalue weighted by Gasteiger charge is 2.25. The second kappa shape index (κ2) is 5.90. The maximum absolute atomic E-state index is 12.3. The van der Waals surface area contributed by atoms with E-state index in [2.05, 4.69) is 15.6 Å². The van der Waals surface area contributed by atoms with Gasteiger partial charge in [-0.3, -0.25) is 4.79 Å². The van der Waals surface area contributed by atoms with Crippen molar-refractivity contribution in [2.24, 2.45) is 5.92 Å². The number of nitrogens with one attached hydrogen (secondary N) is 2. The normalized spacial score (nSPS) is 14.6. The van der Waals surface area contributed by atoms with E-state index < -0.39 is 12.0 Å². The molecule has 2 rings (SSSR count). The summed E-state index contributed by atoms with van der Waals surface area (Å²) < 4.78 is 0. The molecule has 3 N–H and O–H groups in total. The van der Waals surface area contributed by atoms with Crippen LogP contribution in [0, 0.1) is 5.92 Å². The van der Waals surface area contributed by atoms with Crippen LogP contribution in [0.1, 0.15) is 36.2 Å². The van der Waals surface area contributed by atoms with Crippen molar-refractivity contribution in [2.75, 3.05) is 11.9 Å². The predicted molar refractivity (Wildman–Crippen MR) is 74.8 cm³/mol. The van der Waals surface area contributed by atoms with E-state index in [9.17, 15) is 14.7 Å². The lowest BCUT2D eigenvalue weighted by atomic mass is 10.0.